The second-order valence-electron chi connectivity index (χ2n) is 7.27. The number of hydrogen-bond donors (Lipinski definition) is 2. The van der Waals surface area contributed by atoms with Crippen LogP contribution in [0.2, 0.25) is 0 Å². The molecule has 0 heterocycles. The van der Waals surface area contributed by atoms with Crippen molar-refractivity contribution >= 4 is 23.5 Å². The Balaban J connectivity index is 1.86. The summed E-state index contributed by atoms with van der Waals surface area (Å²) in [5.74, 6) is -6.37. The van der Waals surface area contributed by atoms with Crippen LogP contribution in [0.4, 0.5) is 18.9 Å². The summed E-state index contributed by atoms with van der Waals surface area (Å²) in [6, 6.07) is 7.77. The number of nitrogens with one attached hydrogen (secondary N) is 2. The molecule has 1 atom stereocenters. The number of carbonyl (C=O) groups excluding carboxylic acids is 3. The number of anilines is 1. The zero-order valence-electron chi connectivity index (χ0n) is 17.7. The van der Waals surface area contributed by atoms with Crippen LogP contribution in [0.5, 0.6) is 5.75 Å². The van der Waals surface area contributed by atoms with Gasteiger partial charge in [0.05, 0.1) is 24.4 Å². The summed E-state index contributed by atoms with van der Waals surface area (Å²) in [7, 11) is 0. The molecule has 10 heteroatoms. The molecule has 0 aromatic heterocycles. The lowest BCUT2D eigenvalue weighted by atomic mass is 10.2. The first-order valence-corrected chi connectivity index (χ1v) is 9.73. The first kappa shape index (κ1) is 24.7. The molecule has 2 rings (SSSR count). The third-order valence-corrected chi connectivity index (χ3v) is 4.04. The van der Waals surface area contributed by atoms with E-state index >= 15 is 0 Å². The molecule has 7 nitrogen and oxygen atoms in total. The Morgan fingerprint density at radius 2 is 1.72 bits per heavy atom. The van der Waals surface area contributed by atoms with Crippen molar-refractivity contribution in [3.63, 3.8) is 0 Å². The van der Waals surface area contributed by atoms with Crippen molar-refractivity contribution in [1.82, 2.24) is 5.32 Å². The molecular weight excluding hydrogens is 429 g/mol. The monoisotopic (exact) mass is 452 g/mol. The van der Waals surface area contributed by atoms with Gasteiger partial charge in [-0.1, -0.05) is 19.9 Å². The van der Waals surface area contributed by atoms with E-state index in [1.54, 1.807) is 12.1 Å². The fourth-order valence-electron chi connectivity index (χ4n) is 2.39. The van der Waals surface area contributed by atoms with E-state index in [1.807, 2.05) is 19.2 Å². The molecule has 2 aromatic rings. The SMILES string of the molecule is CC(C)COc1cccc(C(=O)OC(C)C(=O)NCC(=O)Nc2ccc(F)c(F)c2F)c1. The second kappa shape index (κ2) is 11.2. The van der Waals surface area contributed by atoms with Gasteiger partial charge in [0.25, 0.3) is 5.91 Å². The van der Waals surface area contributed by atoms with Crippen LogP contribution in [-0.2, 0) is 14.3 Å². The van der Waals surface area contributed by atoms with Gasteiger partial charge in [-0.05, 0) is 43.2 Å². The van der Waals surface area contributed by atoms with Crippen LogP contribution in [0.1, 0.15) is 31.1 Å². The minimum atomic E-state index is -1.73. The summed E-state index contributed by atoms with van der Waals surface area (Å²) in [5.41, 5.74) is -0.403. The number of benzene rings is 2. The molecule has 0 saturated heterocycles. The third kappa shape index (κ3) is 7.00. The average Bonchev–Trinajstić information content (AvgIpc) is 2.76. The van der Waals surface area contributed by atoms with Crippen LogP contribution in [0.3, 0.4) is 0 Å². The van der Waals surface area contributed by atoms with E-state index in [0.29, 0.717) is 24.3 Å². The summed E-state index contributed by atoms with van der Waals surface area (Å²) < 4.78 is 50.3. The summed E-state index contributed by atoms with van der Waals surface area (Å²) in [5, 5.41) is 4.21. The summed E-state index contributed by atoms with van der Waals surface area (Å²) >= 11 is 0. The first-order valence-electron chi connectivity index (χ1n) is 9.73. The molecule has 2 aromatic carbocycles. The molecule has 2 amide bonds. The van der Waals surface area contributed by atoms with Crippen LogP contribution >= 0.6 is 0 Å². The van der Waals surface area contributed by atoms with Crippen molar-refractivity contribution in [3.8, 4) is 5.75 Å². The van der Waals surface area contributed by atoms with Crippen molar-refractivity contribution in [1.29, 1.82) is 0 Å². The van der Waals surface area contributed by atoms with Gasteiger partial charge in [-0.2, -0.15) is 0 Å². The Hall–Kier alpha value is -3.56. The number of halogens is 3. The predicted molar refractivity (Wildman–Crippen MR) is 110 cm³/mol. The van der Waals surface area contributed by atoms with Gasteiger partial charge in [0.2, 0.25) is 5.91 Å². The lowest BCUT2D eigenvalue weighted by molar-refractivity contribution is -0.130. The van der Waals surface area contributed by atoms with E-state index in [2.05, 4.69) is 5.32 Å². The van der Waals surface area contributed by atoms with Gasteiger partial charge in [-0.25, -0.2) is 18.0 Å². The van der Waals surface area contributed by atoms with Crippen molar-refractivity contribution in [2.75, 3.05) is 18.5 Å². The zero-order valence-corrected chi connectivity index (χ0v) is 17.7. The molecule has 0 bridgehead atoms. The zero-order chi connectivity index (χ0) is 23.8. The van der Waals surface area contributed by atoms with Crippen LogP contribution in [0.25, 0.3) is 0 Å². The number of carbonyl (C=O) groups is 3. The largest absolute Gasteiger partial charge is 0.493 e. The smallest absolute Gasteiger partial charge is 0.339 e. The number of ether oxygens (including phenoxy) is 2. The fourth-order valence-corrected chi connectivity index (χ4v) is 2.39. The highest BCUT2D eigenvalue weighted by Gasteiger charge is 2.21. The van der Waals surface area contributed by atoms with Gasteiger partial charge in [-0.15, -0.1) is 0 Å². The normalized spacial score (nSPS) is 11.6. The third-order valence-electron chi connectivity index (χ3n) is 4.04. The van der Waals surface area contributed by atoms with Gasteiger partial charge < -0.3 is 20.1 Å². The van der Waals surface area contributed by atoms with Crippen molar-refractivity contribution in [2.24, 2.45) is 5.92 Å². The van der Waals surface area contributed by atoms with Crippen molar-refractivity contribution in [3.05, 3.63) is 59.4 Å². The van der Waals surface area contributed by atoms with E-state index in [0.717, 1.165) is 6.07 Å². The molecule has 172 valence electrons. The maximum atomic E-state index is 13.6. The van der Waals surface area contributed by atoms with E-state index < -0.39 is 53.6 Å². The van der Waals surface area contributed by atoms with Crippen LogP contribution in [0.15, 0.2) is 36.4 Å². The summed E-state index contributed by atoms with van der Waals surface area (Å²) in [6.45, 7) is 5.12. The second-order valence-corrected chi connectivity index (χ2v) is 7.27. The number of rotatable bonds is 9. The van der Waals surface area contributed by atoms with Gasteiger partial charge in [0, 0.05) is 0 Å². The van der Waals surface area contributed by atoms with Gasteiger partial charge >= 0.3 is 5.97 Å². The van der Waals surface area contributed by atoms with E-state index in [4.69, 9.17) is 9.47 Å². The number of esters is 1. The summed E-state index contributed by atoms with van der Waals surface area (Å²) in [4.78, 5) is 36.2. The summed E-state index contributed by atoms with van der Waals surface area (Å²) in [6.07, 6.45) is -1.24. The van der Waals surface area contributed by atoms with E-state index in [9.17, 15) is 27.6 Å². The minimum absolute atomic E-state index is 0.178. The Morgan fingerprint density at radius 1 is 1.00 bits per heavy atom. The highest BCUT2D eigenvalue weighted by atomic mass is 19.2. The highest BCUT2D eigenvalue weighted by molar-refractivity contribution is 5.96. The van der Waals surface area contributed by atoms with Crippen molar-refractivity contribution < 1.29 is 37.0 Å². The molecule has 32 heavy (non-hydrogen) atoms. The van der Waals surface area contributed by atoms with Gasteiger partial charge in [0.1, 0.15) is 5.75 Å². The molecule has 0 aliphatic rings. The quantitative estimate of drug-likeness (QED) is 0.449. The van der Waals surface area contributed by atoms with E-state index in [-0.39, 0.29) is 5.56 Å². The van der Waals surface area contributed by atoms with Crippen LogP contribution in [0, 0.1) is 23.4 Å². The average molecular weight is 452 g/mol. The number of hydrogen-bond acceptors (Lipinski definition) is 5. The number of amides is 2. The predicted octanol–water partition coefficient (Wildman–Crippen LogP) is 3.44. The maximum absolute atomic E-state index is 13.6. The Labute approximate surface area is 182 Å². The van der Waals surface area contributed by atoms with Gasteiger partial charge in [0.15, 0.2) is 23.6 Å². The highest BCUT2D eigenvalue weighted by Crippen LogP contribution is 2.19. The maximum Gasteiger partial charge on any atom is 0.339 e. The van der Waals surface area contributed by atoms with Crippen LogP contribution in [-0.4, -0.2) is 37.0 Å². The van der Waals surface area contributed by atoms with E-state index in [1.165, 1.54) is 19.1 Å². The van der Waals surface area contributed by atoms with Crippen LogP contribution < -0.4 is 15.4 Å². The molecule has 0 aliphatic heterocycles. The standard InChI is InChI=1S/C22H23F3N2O5/c1-12(2)11-31-15-6-4-5-14(9-15)22(30)32-13(3)21(29)26-10-18(28)27-17-8-7-16(23)19(24)20(17)25/h4-9,12-13H,10-11H2,1-3H3,(H,26,29)(H,27,28). The van der Waals surface area contributed by atoms with Crippen molar-refractivity contribution in [2.45, 2.75) is 26.9 Å². The molecule has 0 fully saturated rings. The molecule has 0 spiro atoms. The molecule has 0 saturated carbocycles. The molecule has 0 radical (unpaired) electrons. The molecular formula is C22H23F3N2O5. The Bertz CT molecular complexity index is 998. The first-order chi connectivity index (χ1) is 15.1. The Morgan fingerprint density at radius 3 is 2.41 bits per heavy atom. The fraction of sp³-hybridized carbons (Fsp3) is 0.318. The molecule has 2 N–H and O–H groups in total. The lowest BCUT2D eigenvalue weighted by Crippen LogP contribution is -2.40. The van der Waals surface area contributed by atoms with Gasteiger partial charge in [-0.3, -0.25) is 9.59 Å². The minimum Gasteiger partial charge on any atom is -0.493 e. The topological polar surface area (TPSA) is 93.7 Å². The molecule has 1 unspecified atom stereocenters. The Kier molecular flexibility index (Phi) is 8.62. The lowest BCUT2D eigenvalue weighted by Gasteiger charge is -2.14. The molecule has 0 aliphatic carbocycles.